The molecule has 25 heavy (non-hydrogen) atoms. The summed E-state index contributed by atoms with van der Waals surface area (Å²) in [6.07, 6.45) is 9.11. The molecule has 0 aliphatic carbocycles. The van der Waals surface area contributed by atoms with E-state index in [2.05, 4.69) is 11.6 Å². The maximum absolute atomic E-state index is 12.1. The summed E-state index contributed by atoms with van der Waals surface area (Å²) in [6.45, 7) is 2.45. The van der Waals surface area contributed by atoms with Crippen LogP contribution >= 0.6 is 0 Å². The number of nitrogens with one attached hydrogen (secondary N) is 1. The number of benzene rings is 1. The average Bonchev–Trinajstić information content (AvgIpc) is 2.62. The van der Waals surface area contributed by atoms with Gasteiger partial charge in [-0.2, -0.15) is 0 Å². The molecular weight excluding hydrogens is 338 g/mol. The van der Waals surface area contributed by atoms with Crippen LogP contribution in [0, 0.1) is 0 Å². The first-order valence-corrected chi connectivity index (χ1v) is 10.8. The predicted molar refractivity (Wildman–Crippen MR) is 103 cm³/mol. The molecule has 0 atom stereocenters. The third-order valence-electron chi connectivity index (χ3n) is 4.17. The molecule has 1 aromatic carbocycles. The highest BCUT2D eigenvalue weighted by molar-refractivity contribution is 7.89. The van der Waals surface area contributed by atoms with Crippen molar-refractivity contribution in [3.8, 4) is 11.5 Å². The standard InChI is InChI=1S/C19H33NO4S/c1-4-5-6-7-8-9-10-11-12-25(21,22)20-16-17-13-18(23-2)15-19(14-17)24-3/h13-15,20H,4-12,16H2,1-3H3. The Morgan fingerprint density at radius 1 is 0.840 bits per heavy atom. The van der Waals surface area contributed by atoms with Gasteiger partial charge >= 0.3 is 0 Å². The highest BCUT2D eigenvalue weighted by Crippen LogP contribution is 2.22. The first-order valence-electron chi connectivity index (χ1n) is 9.20. The van der Waals surface area contributed by atoms with Crippen LogP contribution in [0.4, 0.5) is 0 Å². The van der Waals surface area contributed by atoms with Crippen molar-refractivity contribution < 1.29 is 17.9 Å². The quantitative estimate of drug-likeness (QED) is 0.496. The van der Waals surface area contributed by atoms with E-state index in [4.69, 9.17) is 9.47 Å². The van der Waals surface area contributed by atoms with Crippen molar-refractivity contribution in [3.63, 3.8) is 0 Å². The molecule has 0 radical (unpaired) electrons. The van der Waals surface area contributed by atoms with Crippen LogP contribution in [0.25, 0.3) is 0 Å². The number of hydrogen-bond acceptors (Lipinski definition) is 4. The molecule has 144 valence electrons. The molecule has 0 heterocycles. The van der Waals surface area contributed by atoms with Crippen LogP contribution in [0.15, 0.2) is 18.2 Å². The molecule has 0 amide bonds. The number of rotatable bonds is 14. The van der Waals surface area contributed by atoms with Gasteiger partial charge in [-0.1, -0.05) is 51.9 Å². The highest BCUT2D eigenvalue weighted by atomic mass is 32.2. The van der Waals surface area contributed by atoms with Gasteiger partial charge in [0, 0.05) is 12.6 Å². The van der Waals surface area contributed by atoms with Crippen LogP contribution in [0.2, 0.25) is 0 Å². The Bertz CT molecular complexity index is 565. The normalized spacial score (nSPS) is 11.5. The third-order valence-corrected chi connectivity index (χ3v) is 5.58. The Balaban J connectivity index is 2.31. The van der Waals surface area contributed by atoms with Gasteiger partial charge in [-0.25, -0.2) is 13.1 Å². The van der Waals surface area contributed by atoms with Gasteiger partial charge in [-0.05, 0) is 24.1 Å². The van der Waals surface area contributed by atoms with E-state index in [9.17, 15) is 8.42 Å². The lowest BCUT2D eigenvalue weighted by atomic mass is 10.1. The molecule has 0 bridgehead atoms. The maximum atomic E-state index is 12.1. The Labute approximate surface area is 153 Å². The first-order chi connectivity index (χ1) is 12.0. The number of sulfonamides is 1. The van der Waals surface area contributed by atoms with Crippen LogP contribution in [0.3, 0.4) is 0 Å². The summed E-state index contributed by atoms with van der Waals surface area (Å²) >= 11 is 0. The van der Waals surface area contributed by atoms with Crippen LogP contribution in [0.5, 0.6) is 11.5 Å². The van der Waals surface area contributed by atoms with E-state index in [-0.39, 0.29) is 12.3 Å². The molecule has 0 fully saturated rings. The lowest BCUT2D eigenvalue weighted by Gasteiger charge is -2.10. The first kappa shape index (κ1) is 21.8. The second-order valence-electron chi connectivity index (χ2n) is 6.34. The van der Waals surface area contributed by atoms with Crippen LogP contribution in [-0.2, 0) is 16.6 Å². The molecule has 0 spiro atoms. The second kappa shape index (κ2) is 12.1. The van der Waals surface area contributed by atoms with Crippen molar-refractivity contribution >= 4 is 10.0 Å². The van der Waals surface area contributed by atoms with Gasteiger partial charge in [0.15, 0.2) is 0 Å². The minimum atomic E-state index is -3.25. The minimum Gasteiger partial charge on any atom is -0.497 e. The van der Waals surface area contributed by atoms with E-state index in [0.717, 1.165) is 18.4 Å². The van der Waals surface area contributed by atoms with Crippen LogP contribution in [-0.4, -0.2) is 28.4 Å². The van der Waals surface area contributed by atoms with Crippen LogP contribution < -0.4 is 14.2 Å². The Hall–Kier alpha value is -1.27. The third kappa shape index (κ3) is 9.70. The van der Waals surface area contributed by atoms with Gasteiger partial charge in [0.1, 0.15) is 11.5 Å². The van der Waals surface area contributed by atoms with Gasteiger partial charge in [-0.15, -0.1) is 0 Å². The monoisotopic (exact) mass is 371 g/mol. The number of methoxy groups -OCH3 is 2. The summed E-state index contributed by atoms with van der Waals surface area (Å²) in [5.74, 6) is 1.48. The van der Waals surface area contributed by atoms with E-state index < -0.39 is 10.0 Å². The van der Waals surface area contributed by atoms with Crippen molar-refractivity contribution in [2.75, 3.05) is 20.0 Å². The number of hydrogen-bond donors (Lipinski definition) is 1. The summed E-state index contributed by atoms with van der Waals surface area (Å²) in [7, 11) is -0.103. The lowest BCUT2D eigenvalue weighted by Crippen LogP contribution is -2.26. The van der Waals surface area contributed by atoms with Gasteiger partial charge in [0.05, 0.1) is 20.0 Å². The van der Waals surface area contributed by atoms with Crippen molar-refractivity contribution in [3.05, 3.63) is 23.8 Å². The zero-order chi connectivity index (χ0) is 18.5. The molecule has 5 nitrogen and oxygen atoms in total. The van der Waals surface area contributed by atoms with Crippen molar-refractivity contribution in [2.24, 2.45) is 0 Å². The highest BCUT2D eigenvalue weighted by Gasteiger charge is 2.10. The maximum Gasteiger partial charge on any atom is 0.211 e. The smallest absolute Gasteiger partial charge is 0.211 e. The number of ether oxygens (including phenoxy) is 2. The SMILES string of the molecule is CCCCCCCCCCS(=O)(=O)NCc1cc(OC)cc(OC)c1. The molecule has 0 aromatic heterocycles. The molecule has 0 unspecified atom stereocenters. The lowest BCUT2D eigenvalue weighted by molar-refractivity contribution is 0.393. The molecule has 1 aromatic rings. The van der Waals surface area contributed by atoms with Gasteiger partial charge in [0.2, 0.25) is 10.0 Å². The van der Waals surface area contributed by atoms with Crippen LogP contribution in [0.1, 0.15) is 63.9 Å². The summed E-state index contributed by atoms with van der Waals surface area (Å²) in [4.78, 5) is 0. The fourth-order valence-electron chi connectivity index (χ4n) is 2.66. The molecular formula is C19H33NO4S. The zero-order valence-electron chi connectivity index (χ0n) is 15.8. The zero-order valence-corrected chi connectivity index (χ0v) is 16.7. The van der Waals surface area contributed by atoms with Gasteiger partial charge in [-0.3, -0.25) is 0 Å². The molecule has 0 aliphatic heterocycles. The van der Waals surface area contributed by atoms with Crippen molar-refractivity contribution in [1.82, 2.24) is 4.72 Å². The second-order valence-corrected chi connectivity index (χ2v) is 8.26. The molecule has 1 N–H and O–H groups in total. The molecule has 1 rings (SSSR count). The fraction of sp³-hybridized carbons (Fsp3) is 0.684. The van der Waals surface area contributed by atoms with E-state index in [1.807, 2.05) is 0 Å². The Morgan fingerprint density at radius 2 is 1.36 bits per heavy atom. The van der Waals surface area contributed by atoms with Gasteiger partial charge in [0.25, 0.3) is 0 Å². The summed E-state index contributed by atoms with van der Waals surface area (Å²) in [5.41, 5.74) is 0.815. The average molecular weight is 372 g/mol. The minimum absolute atomic E-state index is 0.184. The van der Waals surface area contributed by atoms with E-state index in [1.54, 1.807) is 32.4 Å². The van der Waals surface area contributed by atoms with Crippen molar-refractivity contribution in [2.45, 2.75) is 64.8 Å². The Morgan fingerprint density at radius 3 is 1.88 bits per heavy atom. The number of unbranched alkanes of at least 4 members (excludes halogenated alkanes) is 7. The van der Waals surface area contributed by atoms with E-state index in [1.165, 1.54) is 32.1 Å². The molecule has 0 aliphatic rings. The summed E-state index contributed by atoms with van der Waals surface area (Å²) in [5, 5.41) is 0. The predicted octanol–water partition coefficient (Wildman–Crippen LogP) is 4.26. The van der Waals surface area contributed by atoms with Gasteiger partial charge < -0.3 is 9.47 Å². The molecule has 0 saturated carbocycles. The Kier molecular flexibility index (Phi) is 10.6. The van der Waals surface area contributed by atoms with E-state index in [0.29, 0.717) is 17.9 Å². The largest absolute Gasteiger partial charge is 0.497 e. The topological polar surface area (TPSA) is 64.6 Å². The summed E-state index contributed by atoms with van der Waals surface area (Å²) in [6, 6.07) is 5.38. The summed E-state index contributed by atoms with van der Waals surface area (Å²) < 4.78 is 37.3. The molecule has 6 heteroatoms. The molecule has 0 saturated heterocycles. The van der Waals surface area contributed by atoms with Crippen molar-refractivity contribution in [1.29, 1.82) is 0 Å². The fourth-order valence-corrected chi connectivity index (χ4v) is 3.77. The van der Waals surface area contributed by atoms with E-state index >= 15 is 0 Å².